The van der Waals surface area contributed by atoms with Gasteiger partial charge in [-0.1, -0.05) is 0 Å². The summed E-state index contributed by atoms with van der Waals surface area (Å²) in [7, 11) is 0. The summed E-state index contributed by atoms with van der Waals surface area (Å²) in [5.74, 6) is 0. The van der Waals surface area contributed by atoms with E-state index in [4.69, 9.17) is 5.73 Å². The zero-order chi connectivity index (χ0) is 5.98. The fraction of sp³-hybridized carbons (Fsp3) is 1.00. The maximum Gasteiger partial charge on any atom is 0.114 e. The molecule has 1 aliphatic rings. The van der Waals surface area contributed by atoms with Crippen LogP contribution in [0.4, 0.5) is 4.39 Å². The van der Waals surface area contributed by atoms with E-state index in [0.29, 0.717) is 13.0 Å². The Hall–Kier alpha value is -0.150. The molecule has 3 N–H and O–H groups in total. The average molecular weight is 118 g/mol. The third-order valence-electron chi connectivity index (χ3n) is 1.33. The standard InChI is InChI=1S/C5H11FN2/c6-4-1-5(7)3-8-2-4/h4-5,8H,1-3,7H2/t4?,5-/m1/s1. The molecule has 0 radical (unpaired) electrons. The molecule has 3 heteroatoms. The third kappa shape index (κ3) is 1.42. The van der Waals surface area contributed by atoms with Gasteiger partial charge in [-0.15, -0.1) is 0 Å². The van der Waals surface area contributed by atoms with Crippen molar-refractivity contribution in [3.05, 3.63) is 0 Å². The fourth-order valence-corrected chi connectivity index (χ4v) is 0.921. The van der Waals surface area contributed by atoms with Crippen molar-refractivity contribution >= 4 is 0 Å². The second kappa shape index (κ2) is 2.42. The first-order valence-electron chi connectivity index (χ1n) is 2.89. The second-order valence-electron chi connectivity index (χ2n) is 2.25. The lowest BCUT2D eigenvalue weighted by Gasteiger charge is -2.21. The molecule has 1 saturated heterocycles. The Balaban J connectivity index is 2.23. The van der Waals surface area contributed by atoms with Crippen LogP contribution in [0.5, 0.6) is 0 Å². The van der Waals surface area contributed by atoms with Crippen molar-refractivity contribution in [3.63, 3.8) is 0 Å². The minimum atomic E-state index is -0.723. The molecule has 0 amide bonds. The molecule has 0 aromatic heterocycles. The van der Waals surface area contributed by atoms with Gasteiger partial charge in [-0.3, -0.25) is 0 Å². The molecule has 0 saturated carbocycles. The maximum atomic E-state index is 12.3. The molecule has 1 fully saturated rings. The van der Waals surface area contributed by atoms with Crippen LogP contribution in [0.1, 0.15) is 6.42 Å². The zero-order valence-corrected chi connectivity index (χ0v) is 4.73. The van der Waals surface area contributed by atoms with E-state index in [0.717, 1.165) is 6.54 Å². The lowest BCUT2D eigenvalue weighted by molar-refractivity contribution is 0.248. The van der Waals surface area contributed by atoms with Crippen molar-refractivity contribution in [2.24, 2.45) is 5.73 Å². The van der Waals surface area contributed by atoms with Crippen molar-refractivity contribution in [2.45, 2.75) is 18.6 Å². The van der Waals surface area contributed by atoms with Crippen molar-refractivity contribution in [3.8, 4) is 0 Å². The number of rotatable bonds is 0. The first kappa shape index (κ1) is 5.98. The molecule has 0 aromatic rings. The first-order valence-corrected chi connectivity index (χ1v) is 2.89. The number of nitrogens with two attached hydrogens (primary N) is 1. The van der Waals surface area contributed by atoms with Gasteiger partial charge in [0.25, 0.3) is 0 Å². The maximum absolute atomic E-state index is 12.3. The minimum Gasteiger partial charge on any atom is -0.326 e. The van der Waals surface area contributed by atoms with E-state index in [-0.39, 0.29) is 6.04 Å². The van der Waals surface area contributed by atoms with E-state index in [1.807, 2.05) is 0 Å². The molecule has 1 heterocycles. The quantitative estimate of drug-likeness (QED) is 0.456. The van der Waals surface area contributed by atoms with E-state index in [9.17, 15) is 4.39 Å². The van der Waals surface area contributed by atoms with E-state index < -0.39 is 6.17 Å². The zero-order valence-electron chi connectivity index (χ0n) is 4.73. The van der Waals surface area contributed by atoms with Gasteiger partial charge in [-0.25, -0.2) is 4.39 Å². The van der Waals surface area contributed by atoms with Crippen LogP contribution in [0, 0.1) is 0 Å². The van der Waals surface area contributed by atoms with Gasteiger partial charge in [0.1, 0.15) is 6.17 Å². The van der Waals surface area contributed by atoms with Crippen LogP contribution in [0.3, 0.4) is 0 Å². The number of halogens is 1. The SMILES string of the molecule is N[C@H]1CNCC(F)C1. The monoisotopic (exact) mass is 118 g/mol. The summed E-state index contributed by atoms with van der Waals surface area (Å²) < 4.78 is 12.3. The number of hydrogen-bond acceptors (Lipinski definition) is 2. The fourth-order valence-electron chi connectivity index (χ4n) is 0.921. The largest absolute Gasteiger partial charge is 0.326 e. The van der Waals surface area contributed by atoms with Crippen LogP contribution in [0.15, 0.2) is 0 Å². The molecule has 2 nitrogen and oxygen atoms in total. The van der Waals surface area contributed by atoms with Crippen molar-refractivity contribution < 1.29 is 4.39 Å². The smallest absolute Gasteiger partial charge is 0.114 e. The topological polar surface area (TPSA) is 38.0 Å². The molecule has 0 bridgehead atoms. The lowest BCUT2D eigenvalue weighted by Crippen LogP contribution is -2.44. The van der Waals surface area contributed by atoms with E-state index in [2.05, 4.69) is 5.32 Å². The molecule has 48 valence electrons. The van der Waals surface area contributed by atoms with Crippen molar-refractivity contribution in [2.75, 3.05) is 13.1 Å². The van der Waals surface area contributed by atoms with Gasteiger partial charge in [0.2, 0.25) is 0 Å². The number of hydrogen-bond donors (Lipinski definition) is 2. The van der Waals surface area contributed by atoms with Gasteiger partial charge in [0.05, 0.1) is 0 Å². The number of alkyl halides is 1. The van der Waals surface area contributed by atoms with Gasteiger partial charge in [-0.2, -0.15) is 0 Å². The Labute approximate surface area is 48.2 Å². The van der Waals surface area contributed by atoms with Crippen LogP contribution in [0.25, 0.3) is 0 Å². The molecule has 1 unspecified atom stereocenters. The minimum absolute atomic E-state index is 0.0266. The molecule has 0 aliphatic carbocycles. The summed E-state index contributed by atoms with van der Waals surface area (Å²) in [6, 6.07) is 0.0266. The summed E-state index contributed by atoms with van der Waals surface area (Å²) in [6.07, 6.45) is -0.203. The van der Waals surface area contributed by atoms with Crippen LogP contribution in [-0.4, -0.2) is 25.3 Å². The third-order valence-corrected chi connectivity index (χ3v) is 1.33. The Kier molecular flexibility index (Phi) is 1.81. The number of nitrogens with one attached hydrogen (secondary N) is 1. The molecular formula is C5H11FN2. The molecule has 0 spiro atoms. The van der Waals surface area contributed by atoms with E-state index >= 15 is 0 Å². The number of piperidine rings is 1. The van der Waals surface area contributed by atoms with Crippen LogP contribution < -0.4 is 11.1 Å². The predicted molar refractivity (Wildman–Crippen MR) is 30.4 cm³/mol. The Morgan fingerprint density at radius 1 is 1.50 bits per heavy atom. The molecule has 1 aliphatic heterocycles. The average Bonchev–Trinajstić information content (AvgIpc) is 1.64. The highest BCUT2D eigenvalue weighted by molar-refractivity contribution is 4.77. The highest BCUT2D eigenvalue weighted by Gasteiger charge is 2.16. The predicted octanol–water partition coefficient (Wildman–Crippen LogP) is -0.355. The summed E-state index contributed by atoms with van der Waals surface area (Å²) in [4.78, 5) is 0. The molecule has 1 rings (SSSR count). The molecule has 8 heavy (non-hydrogen) atoms. The Morgan fingerprint density at radius 3 is 2.62 bits per heavy atom. The summed E-state index contributed by atoms with van der Waals surface area (Å²) in [5.41, 5.74) is 5.42. The van der Waals surface area contributed by atoms with Crippen LogP contribution in [-0.2, 0) is 0 Å². The van der Waals surface area contributed by atoms with Crippen molar-refractivity contribution in [1.29, 1.82) is 0 Å². The van der Waals surface area contributed by atoms with E-state index in [1.165, 1.54) is 0 Å². The van der Waals surface area contributed by atoms with Crippen molar-refractivity contribution in [1.82, 2.24) is 5.32 Å². The highest BCUT2D eigenvalue weighted by Crippen LogP contribution is 2.03. The van der Waals surface area contributed by atoms with Gasteiger partial charge in [0, 0.05) is 19.1 Å². The van der Waals surface area contributed by atoms with Gasteiger partial charge in [0.15, 0.2) is 0 Å². The first-order chi connectivity index (χ1) is 3.79. The van der Waals surface area contributed by atoms with E-state index in [1.54, 1.807) is 0 Å². The summed E-state index contributed by atoms with van der Waals surface area (Å²) >= 11 is 0. The molecule has 0 aromatic carbocycles. The Bertz CT molecular complexity index is 68.8. The summed E-state index contributed by atoms with van der Waals surface area (Å²) in [5, 5.41) is 2.88. The van der Waals surface area contributed by atoms with Gasteiger partial charge in [-0.05, 0) is 6.42 Å². The molecule has 2 atom stereocenters. The van der Waals surface area contributed by atoms with Gasteiger partial charge >= 0.3 is 0 Å². The summed E-state index contributed by atoms with van der Waals surface area (Å²) in [6.45, 7) is 1.24. The van der Waals surface area contributed by atoms with Gasteiger partial charge < -0.3 is 11.1 Å². The second-order valence-corrected chi connectivity index (χ2v) is 2.25. The Morgan fingerprint density at radius 2 is 2.25 bits per heavy atom. The van der Waals surface area contributed by atoms with Crippen LogP contribution >= 0.6 is 0 Å². The lowest BCUT2D eigenvalue weighted by atomic mass is 10.1. The normalized spacial score (nSPS) is 39.8. The highest BCUT2D eigenvalue weighted by atomic mass is 19.1. The van der Waals surface area contributed by atoms with Crippen LogP contribution in [0.2, 0.25) is 0 Å². The molecular weight excluding hydrogens is 107 g/mol.